The molecule has 3 rings (SSSR count). The molecule has 0 N–H and O–H groups in total. The topological polar surface area (TPSA) is 17.8 Å². The normalized spacial score (nSPS) is 11.2. The summed E-state index contributed by atoms with van der Waals surface area (Å²) >= 11 is 9.56. The molecule has 21 heavy (non-hydrogen) atoms. The van der Waals surface area contributed by atoms with Crippen LogP contribution in [0, 0.1) is 13.8 Å². The maximum atomic E-state index is 5.95. The van der Waals surface area contributed by atoms with Crippen molar-refractivity contribution in [3.05, 3.63) is 57.8 Å². The number of aryl methyl sites for hydroxylation is 3. The number of aromatic nitrogens is 2. The Kier molecular flexibility index (Phi) is 4.05. The minimum absolute atomic E-state index is 0.565. The van der Waals surface area contributed by atoms with Crippen molar-refractivity contribution >= 4 is 38.6 Å². The SMILES string of the molecule is Cc1ccc2c(c1)nc(CCCl)n2-c1ccc(C)c(Br)c1. The van der Waals surface area contributed by atoms with Gasteiger partial charge in [0.2, 0.25) is 0 Å². The molecule has 0 amide bonds. The third kappa shape index (κ3) is 2.72. The molecule has 0 spiro atoms. The molecule has 0 radical (unpaired) electrons. The van der Waals surface area contributed by atoms with Crippen molar-refractivity contribution < 1.29 is 0 Å². The van der Waals surface area contributed by atoms with E-state index in [0.29, 0.717) is 5.88 Å². The van der Waals surface area contributed by atoms with Crippen LogP contribution in [0.2, 0.25) is 0 Å². The lowest BCUT2D eigenvalue weighted by atomic mass is 10.2. The number of halogens is 2. The van der Waals surface area contributed by atoms with Crippen LogP contribution in [0.15, 0.2) is 40.9 Å². The van der Waals surface area contributed by atoms with Gasteiger partial charge in [0.1, 0.15) is 5.82 Å². The summed E-state index contributed by atoms with van der Waals surface area (Å²) in [5.41, 5.74) is 5.69. The first kappa shape index (κ1) is 14.6. The van der Waals surface area contributed by atoms with Crippen molar-refractivity contribution in [2.24, 2.45) is 0 Å². The number of fused-ring (bicyclic) bond motifs is 1. The molecule has 0 saturated carbocycles. The molecule has 2 nitrogen and oxygen atoms in total. The van der Waals surface area contributed by atoms with Crippen LogP contribution in [0.5, 0.6) is 0 Å². The van der Waals surface area contributed by atoms with Crippen LogP contribution in [-0.4, -0.2) is 15.4 Å². The Balaban J connectivity index is 2.27. The summed E-state index contributed by atoms with van der Waals surface area (Å²) in [5, 5.41) is 0. The summed E-state index contributed by atoms with van der Waals surface area (Å²) in [6.07, 6.45) is 0.751. The van der Waals surface area contributed by atoms with Gasteiger partial charge in [-0.05, 0) is 49.2 Å². The number of hydrogen-bond donors (Lipinski definition) is 0. The fraction of sp³-hybridized carbons (Fsp3) is 0.235. The molecule has 1 aromatic heterocycles. The van der Waals surface area contributed by atoms with E-state index in [4.69, 9.17) is 16.6 Å². The van der Waals surface area contributed by atoms with Gasteiger partial charge >= 0.3 is 0 Å². The van der Waals surface area contributed by atoms with Gasteiger partial charge in [-0.3, -0.25) is 4.57 Å². The Bertz CT molecular complexity index is 808. The first-order chi connectivity index (χ1) is 10.1. The van der Waals surface area contributed by atoms with Crippen LogP contribution in [-0.2, 0) is 6.42 Å². The summed E-state index contributed by atoms with van der Waals surface area (Å²) in [7, 11) is 0. The Labute approximate surface area is 137 Å². The third-order valence-electron chi connectivity index (χ3n) is 3.61. The van der Waals surface area contributed by atoms with E-state index in [2.05, 4.69) is 70.7 Å². The van der Waals surface area contributed by atoms with Gasteiger partial charge in [-0.2, -0.15) is 0 Å². The summed E-state index contributed by atoms with van der Waals surface area (Å²) in [6, 6.07) is 12.7. The third-order valence-corrected chi connectivity index (χ3v) is 4.65. The summed E-state index contributed by atoms with van der Waals surface area (Å²) < 4.78 is 3.30. The number of alkyl halides is 1. The molecule has 4 heteroatoms. The highest BCUT2D eigenvalue weighted by molar-refractivity contribution is 9.10. The fourth-order valence-electron chi connectivity index (χ4n) is 2.50. The molecule has 3 aromatic rings. The van der Waals surface area contributed by atoms with Crippen molar-refractivity contribution in [3.8, 4) is 5.69 Å². The second kappa shape index (κ2) is 5.82. The molecule has 0 atom stereocenters. The summed E-state index contributed by atoms with van der Waals surface area (Å²) in [5.74, 6) is 1.57. The number of rotatable bonds is 3. The number of benzene rings is 2. The minimum atomic E-state index is 0.565. The molecule has 0 aliphatic rings. The Morgan fingerprint density at radius 3 is 2.67 bits per heavy atom. The zero-order valence-corrected chi connectivity index (χ0v) is 14.4. The van der Waals surface area contributed by atoms with Gasteiger partial charge in [-0.15, -0.1) is 11.6 Å². The molecule has 1 heterocycles. The van der Waals surface area contributed by atoms with Crippen LogP contribution in [0.4, 0.5) is 0 Å². The zero-order chi connectivity index (χ0) is 15.0. The van der Waals surface area contributed by atoms with Gasteiger partial charge in [0.15, 0.2) is 0 Å². The maximum absolute atomic E-state index is 5.95. The van der Waals surface area contributed by atoms with Gasteiger partial charge < -0.3 is 0 Å². The lowest BCUT2D eigenvalue weighted by molar-refractivity contribution is 0.911. The van der Waals surface area contributed by atoms with Crippen LogP contribution < -0.4 is 0 Å². The molecule has 0 bridgehead atoms. The monoisotopic (exact) mass is 362 g/mol. The number of imidazole rings is 1. The molecular formula is C17H16BrClN2. The molecule has 0 aliphatic heterocycles. The highest BCUT2D eigenvalue weighted by Crippen LogP contribution is 2.26. The standard InChI is InChI=1S/C17H16BrClN2/c1-11-3-6-16-15(9-11)20-17(7-8-19)21(16)13-5-4-12(2)14(18)10-13/h3-6,9-10H,7-8H2,1-2H3. The van der Waals surface area contributed by atoms with Crippen LogP contribution in [0.25, 0.3) is 16.7 Å². The first-order valence-corrected chi connectivity index (χ1v) is 8.23. The van der Waals surface area contributed by atoms with E-state index in [-0.39, 0.29) is 0 Å². The van der Waals surface area contributed by atoms with Gasteiger partial charge in [0.05, 0.1) is 11.0 Å². The molecule has 0 fully saturated rings. The van der Waals surface area contributed by atoms with E-state index >= 15 is 0 Å². The van der Waals surface area contributed by atoms with E-state index in [1.54, 1.807) is 0 Å². The molecule has 2 aromatic carbocycles. The highest BCUT2D eigenvalue weighted by atomic mass is 79.9. The predicted octanol–water partition coefficient (Wildman–Crippen LogP) is 5.19. The summed E-state index contributed by atoms with van der Waals surface area (Å²) in [6.45, 7) is 4.17. The molecule has 0 aliphatic carbocycles. The molecular weight excluding hydrogens is 348 g/mol. The van der Waals surface area contributed by atoms with Crippen molar-refractivity contribution in [1.82, 2.24) is 9.55 Å². The van der Waals surface area contributed by atoms with E-state index in [9.17, 15) is 0 Å². The van der Waals surface area contributed by atoms with E-state index in [0.717, 1.165) is 33.4 Å². The van der Waals surface area contributed by atoms with Gasteiger partial charge in [-0.1, -0.05) is 28.1 Å². The minimum Gasteiger partial charge on any atom is -0.296 e. The molecule has 0 unspecified atom stereocenters. The lowest BCUT2D eigenvalue weighted by Gasteiger charge is -2.10. The smallest absolute Gasteiger partial charge is 0.115 e. The van der Waals surface area contributed by atoms with Crippen molar-refractivity contribution in [1.29, 1.82) is 0 Å². The number of hydrogen-bond acceptors (Lipinski definition) is 1. The zero-order valence-electron chi connectivity index (χ0n) is 12.0. The Morgan fingerprint density at radius 2 is 1.95 bits per heavy atom. The van der Waals surface area contributed by atoms with Crippen molar-refractivity contribution in [2.45, 2.75) is 20.3 Å². The molecule has 0 saturated heterocycles. The molecule has 108 valence electrons. The second-order valence-corrected chi connectivity index (χ2v) is 6.46. The Morgan fingerprint density at radius 1 is 1.14 bits per heavy atom. The average Bonchev–Trinajstić information content (AvgIpc) is 2.79. The largest absolute Gasteiger partial charge is 0.296 e. The average molecular weight is 364 g/mol. The van der Waals surface area contributed by atoms with E-state index in [1.165, 1.54) is 11.1 Å². The maximum Gasteiger partial charge on any atom is 0.115 e. The van der Waals surface area contributed by atoms with Crippen molar-refractivity contribution in [2.75, 3.05) is 5.88 Å². The first-order valence-electron chi connectivity index (χ1n) is 6.90. The van der Waals surface area contributed by atoms with Gasteiger partial charge in [0, 0.05) is 22.5 Å². The van der Waals surface area contributed by atoms with Crippen LogP contribution >= 0.6 is 27.5 Å². The lowest BCUT2D eigenvalue weighted by Crippen LogP contribution is -2.02. The van der Waals surface area contributed by atoms with Crippen LogP contribution in [0.1, 0.15) is 17.0 Å². The predicted molar refractivity (Wildman–Crippen MR) is 92.7 cm³/mol. The highest BCUT2D eigenvalue weighted by Gasteiger charge is 2.12. The second-order valence-electron chi connectivity index (χ2n) is 5.23. The quantitative estimate of drug-likeness (QED) is 0.586. The van der Waals surface area contributed by atoms with Gasteiger partial charge in [-0.25, -0.2) is 4.98 Å². The number of nitrogens with zero attached hydrogens (tertiary/aromatic N) is 2. The fourth-order valence-corrected chi connectivity index (χ4v) is 3.04. The van der Waals surface area contributed by atoms with Gasteiger partial charge in [0.25, 0.3) is 0 Å². The van der Waals surface area contributed by atoms with Crippen LogP contribution in [0.3, 0.4) is 0 Å². The summed E-state index contributed by atoms with van der Waals surface area (Å²) in [4.78, 5) is 4.75. The van der Waals surface area contributed by atoms with Crippen molar-refractivity contribution in [3.63, 3.8) is 0 Å². The van der Waals surface area contributed by atoms with E-state index in [1.807, 2.05) is 0 Å². The van der Waals surface area contributed by atoms with E-state index < -0.39 is 0 Å². The Hall–Kier alpha value is -1.32.